The maximum Gasteiger partial charge on any atom is 0.111 e. The molecule has 1 heterocycles. The number of fused-ring (bicyclic) bond motifs is 1. The van der Waals surface area contributed by atoms with E-state index < -0.39 is 0 Å². The fraction of sp³-hybridized carbons (Fsp3) is 0.562. The van der Waals surface area contributed by atoms with Gasteiger partial charge in [0.2, 0.25) is 0 Å². The average Bonchev–Trinajstić information content (AvgIpc) is 2.83. The molecule has 1 aromatic heterocycles. The van der Waals surface area contributed by atoms with Gasteiger partial charge in [0, 0.05) is 19.5 Å². The number of nitrogens with two attached hydrogens (primary N) is 1. The number of rotatable bonds is 8. The summed E-state index contributed by atoms with van der Waals surface area (Å²) in [4.78, 5) is 7.14. The predicted molar refractivity (Wildman–Crippen MR) is 87.9 cm³/mol. The number of hydrogen-bond acceptors (Lipinski definition) is 4. The van der Waals surface area contributed by atoms with Crippen LogP contribution in [0.3, 0.4) is 0 Å². The van der Waals surface area contributed by atoms with E-state index in [-0.39, 0.29) is 6.04 Å². The molecule has 0 fully saturated rings. The maximum atomic E-state index is 5.73. The summed E-state index contributed by atoms with van der Waals surface area (Å²) in [5, 5.41) is 0. The number of aromatic nitrogens is 2. The molecule has 5 heteroatoms. The van der Waals surface area contributed by atoms with Crippen molar-refractivity contribution >= 4 is 11.0 Å². The summed E-state index contributed by atoms with van der Waals surface area (Å²) in [7, 11) is 2.07. The van der Waals surface area contributed by atoms with E-state index >= 15 is 0 Å². The first kappa shape index (κ1) is 15.9. The van der Waals surface area contributed by atoms with Crippen molar-refractivity contribution in [3.8, 4) is 0 Å². The van der Waals surface area contributed by atoms with Crippen molar-refractivity contribution in [2.75, 3.05) is 19.6 Å². The number of hydrazine groups is 1. The Bertz CT molecular complexity index is 559. The lowest BCUT2D eigenvalue weighted by Crippen LogP contribution is -2.40. The molecule has 21 heavy (non-hydrogen) atoms. The Morgan fingerprint density at radius 2 is 2.00 bits per heavy atom. The molecule has 3 N–H and O–H groups in total. The maximum absolute atomic E-state index is 5.73. The number of imidazole rings is 1. The van der Waals surface area contributed by atoms with Crippen LogP contribution in [-0.2, 0) is 13.5 Å². The summed E-state index contributed by atoms with van der Waals surface area (Å²) < 4.78 is 2.16. The minimum atomic E-state index is 0.251. The second kappa shape index (κ2) is 7.54. The lowest BCUT2D eigenvalue weighted by Gasteiger charge is -2.22. The standard InChI is InChI=1S/C16H27N5/c1-4-21(5-2)11-10-13(19-17)12-16-18-14-8-6-7-9-15(14)20(16)3/h6-9,13,19H,4-5,10-12,17H2,1-3H3. The summed E-state index contributed by atoms with van der Waals surface area (Å²) in [6.07, 6.45) is 1.88. The fourth-order valence-electron chi connectivity index (χ4n) is 2.72. The molecule has 0 spiro atoms. The van der Waals surface area contributed by atoms with E-state index in [1.165, 1.54) is 5.52 Å². The van der Waals surface area contributed by atoms with Gasteiger partial charge in [-0.1, -0.05) is 26.0 Å². The van der Waals surface area contributed by atoms with Crippen LogP contribution in [0.25, 0.3) is 11.0 Å². The number of nitrogens with zero attached hydrogens (tertiary/aromatic N) is 3. The Hall–Kier alpha value is -1.43. The Morgan fingerprint density at radius 3 is 2.62 bits per heavy atom. The molecule has 0 bridgehead atoms. The van der Waals surface area contributed by atoms with Gasteiger partial charge < -0.3 is 9.47 Å². The van der Waals surface area contributed by atoms with Crippen molar-refractivity contribution in [1.82, 2.24) is 19.9 Å². The zero-order chi connectivity index (χ0) is 15.2. The van der Waals surface area contributed by atoms with Gasteiger partial charge in [-0.05, 0) is 38.2 Å². The van der Waals surface area contributed by atoms with Crippen LogP contribution in [0.4, 0.5) is 0 Å². The van der Waals surface area contributed by atoms with Gasteiger partial charge in [0.05, 0.1) is 11.0 Å². The molecule has 0 saturated carbocycles. The first-order valence-electron chi connectivity index (χ1n) is 7.78. The molecule has 0 aliphatic carbocycles. The lowest BCUT2D eigenvalue weighted by atomic mass is 10.1. The van der Waals surface area contributed by atoms with Crippen molar-refractivity contribution in [2.45, 2.75) is 32.7 Å². The van der Waals surface area contributed by atoms with Crippen LogP contribution in [0.2, 0.25) is 0 Å². The van der Waals surface area contributed by atoms with Crippen molar-refractivity contribution in [2.24, 2.45) is 12.9 Å². The molecule has 2 aromatic rings. The van der Waals surface area contributed by atoms with Crippen LogP contribution in [0.5, 0.6) is 0 Å². The Labute approximate surface area is 127 Å². The summed E-state index contributed by atoms with van der Waals surface area (Å²) in [5.41, 5.74) is 5.17. The summed E-state index contributed by atoms with van der Waals surface area (Å²) in [6, 6.07) is 8.48. The second-order valence-electron chi connectivity index (χ2n) is 5.46. The molecular weight excluding hydrogens is 262 g/mol. The van der Waals surface area contributed by atoms with Crippen LogP contribution in [-0.4, -0.2) is 40.1 Å². The van der Waals surface area contributed by atoms with Crippen molar-refractivity contribution in [1.29, 1.82) is 0 Å². The molecule has 1 aromatic carbocycles. The molecule has 0 aliphatic heterocycles. The van der Waals surface area contributed by atoms with E-state index in [0.29, 0.717) is 0 Å². The van der Waals surface area contributed by atoms with E-state index in [9.17, 15) is 0 Å². The van der Waals surface area contributed by atoms with Crippen LogP contribution in [0, 0.1) is 0 Å². The third-order valence-electron chi connectivity index (χ3n) is 4.23. The van der Waals surface area contributed by atoms with Gasteiger partial charge in [-0.3, -0.25) is 11.3 Å². The van der Waals surface area contributed by atoms with E-state index in [1.54, 1.807) is 0 Å². The van der Waals surface area contributed by atoms with Gasteiger partial charge in [0.1, 0.15) is 5.82 Å². The van der Waals surface area contributed by atoms with Crippen LogP contribution < -0.4 is 11.3 Å². The lowest BCUT2D eigenvalue weighted by molar-refractivity contribution is 0.280. The van der Waals surface area contributed by atoms with E-state index in [4.69, 9.17) is 10.8 Å². The summed E-state index contributed by atoms with van der Waals surface area (Å²) in [6.45, 7) is 7.62. The van der Waals surface area contributed by atoms with Gasteiger partial charge in [-0.15, -0.1) is 0 Å². The van der Waals surface area contributed by atoms with E-state index in [1.807, 2.05) is 12.1 Å². The average molecular weight is 289 g/mol. The van der Waals surface area contributed by atoms with Crippen LogP contribution >= 0.6 is 0 Å². The zero-order valence-electron chi connectivity index (χ0n) is 13.3. The molecule has 0 aliphatic rings. The molecular formula is C16H27N5. The Kier molecular flexibility index (Phi) is 5.73. The zero-order valence-corrected chi connectivity index (χ0v) is 13.3. The van der Waals surface area contributed by atoms with E-state index in [2.05, 4.69) is 47.9 Å². The van der Waals surface area contributed by atoms with Gasteiger partial charge in [0.25, 0.3) is 0 Å². The van der Waals surface area contributed by atoms with Crippen molar-refractivity contribution in [3.63, 3.8) is 0 Å². The van der Waals surface area contributed by atoms with Crippen LogP contribution in [0.1, 0.15) is 26.1 Å². The smallest absolute Gasteiger partial charge is 0.111 e. The Balaban J connectivity index is 2.04. The van der Waals surface area contributed by atoms with Gasteiger partial charge in [-0.2, -0.15) is 0 Å². The van der Waals surface area contributed by atoms with Gasteiger partial charge in [0.15, 0.2) is 0 Å². The largest absolute Gasteiger partial charge is 0.331 e. The molecule has 0 saturated heterocycles. The fourth-order valence-corrected chi connectivity index (χ4v) is 2.72. The molecule has 1 unspecified atom stereocenters. The first-order valence-corrected chi connectivity index (χ1v) is 7.78. The minimum absolute atomic E-state index is 0.251. The number of nitrogens with one attached hydrogen (secondary N) is 1. The van der Waals surface area contributed by atoms with E-state index in [0.717, 1.165) is 43.8 Å². The molecule has 0 amide bonds. The number of para-hydroxylation sites is 2. The minimum Gasteiger partial charge on any atom is -0.331 e. The van der Waals surface area contributed by atoms with Gasteiger partial charge in [-0.25, -0.2) is 4.98 Å². The highest BCUT2D eigenvalue weighted by molar-refractivity contribution is 5.75. The molecule has 2 rings (SSSR count). The Morgan fingerprint density at radius 1 is 1.29 bits per heavy atom. The normalized spacial score (nSPS) is 13.2. The number of benzene rings is 1. The topological polar surface area (TPSA) is 59.1 Å². The van der Waals surface area contributed by atoms with Gasteiger partial charge >= 0.3 is 0 Å². The third-order valence-corrected chi connectivity index (χ3v) is 4.23. The SMILES string of the molecule is CCN(CC)CCC(Cc1nc2ccccc2n1C)NN. The highest BCUT2D eigenvalue weighted by Gasteiger charge is 2.14. The molecule has 0 radical (unpaired) electrons. The summed E-state index contributed by atoms with van der Waals surface area (Å²) in [5.74, 6) is 6.81. The first-order chi connectivity index (χ1) is 10.2. The molecule has 5 nitrogen and oxygen atoms in total. The van der Waals surface area contributed by atoms with Crippen molar-refractivity contribution < 1.29 is 0 Å². The predicted octanol–water partition coefficient (Wildman–Crippen LogP) is 1.68. The highest BCUT2D eigenvalue weighted by Crippen LogP contribution is 2.15. The number of aryl methyl sites for hydroxylation is 1. The second-order valence-corrected chi connectivity index (χ2v) is 5.46. The quantitative estimate of drug-likeness (QED) is 0.573. The van der Waals surface area contributed by atoms with Crippen LogP contribution in [0.15, 0.2) is 24.3 Å². The molecule has 1 atom stereocenters. The number of hydrogen-bond donors (Lipinski definition) is 2. The molecule has 116 valence electrons. The summed E-state index contributed by atoms with van der Waals surface area (Å²) >= 11 is 0. The van der Waals surface area contributed by atoms with Crippen molar-refractivity contribution in [3.05, 3.63) is 30.1 Å². The highest BCUT2D eigenvalue weighted by atomic mass is 15.2. The monoisotopic (exact) mass is 289 g/mol. The third kappa shape index (κ3) is 3.81.